The number of carbonyl (C=O) groups is 1. The highest BCUT2D eigenvalue weighted by molar-refractivity contribution is 6.30. The molecule has 0 aliphatic rings. The summed E-state index contributed by atoms with van der Waals surface area (Å²) in [5, 5.41) is -0.482. The van der Waals surface area contributed by atoms with Crippen LogP contribution in [-0.4, -0.2) is 27.3 Å². The highest BCUT2D eigenvalue weighted by Gasteiger charge is 2.19. The van der Waals surface area contributed by atoms with Crippen LogP contribution in [0.4, 0.5) is 0 Å². The Morgan fingerprint density at radius 1 is 1.23 bits per heavy atom. The van der Waals surface area contributed by atoms with Gasteiger partial charge < -0.3 is 9.47 Å². The van der Waals surface area contributed by atoms with Crippen molar-refractivity contribution in [2.45, 2.75) is 38.7 Å². The number of carbonyl (C=O) groups excluding carboxylic acids is 1. The minimum atomic E-state index is -0.482. The molecule has 0 aliphatic heterocycles. The summed E-state index contributed by atoms with van der Waals surface area (Å²) in [4.78, 5) is 14.1. The fraction of sp³-hybridized carbons (Fsp3) is 0.389. The van der Waals surface area contributed by atoms with Crippen molar-refractivity contribution in [1.29, 1.82) is 0 Å². The number of halogens is 1. The van der Waals surface area contributed by atoms with Crippen LogP contribution in [0.25, 0.3) is 0 Å². The standard InChI is InChI=1S/C18H23ClN2O/c1-3-11-21(18(22)15(2)19)14-17-10-7-12-20(17)13-16-8-5-4-6-9-16/h4-10,12,15H,3,11,13-14H2,1-2H3/t15-/m1/s1. The van der Waals surface area contributed by atoms with E-state index < -0.39 is 5.38 Å². The molecule has 0 bridgehead atoms. The van der Waals surface area contributed by atoms with Gasteiger partial charge >= 0.3 is 0 Å². The van der Waals surface area contributed by atoms with E-state index in [1.54, 1.807) is 6.92 Å². The lowest BCUT2D eigenvalue weighted by Gasteiger charge is -2.24. The smallest absolute Gasteiger partial charge is 0.240 e. The number of hydrogen-bond donors (Lipinski definition) is 0. The summed E-state index contributed by atoms with van der Waals surface area (Å²) in [5.74, 6) is -0.00372. The summed E-state index contributed by atoms with van der Waals surface area (Å²) in [7, 11) is 0. The maximum atomic E-state index is 12.2. The van der Waals surface area contributed by atoms with Crippen LogP contribution in [-0.2, 0) is 17.9 Å². The van der Waals surface area contributed by atoms with E-state index in [9.17, 15) is 4.79 Å². The molecular formula is C18H23ClN2O. The molecule has 1 aromatic heterocycles. The van der Waals surface area contributed by atoms with Gasteiger partial charge in [0.15, 0.2) is 0 Å². The molecule has 0 saturated carbocycles. The van der Waals surface area contributed by atoms with Crippen LogP contribution in [0.3, 0.4) is 0 Å². The normalized spacial score (nSPS) is 12.1. The minimum absolute atomic E-state index is 0.00372. The van der Waals surface area contributed by atoms with Gasteiger partial charge in [-0.2, -0.15) is 0 Å². The predicted molar refractivity (Wildman–Crippen MR) is 91.0 cm³/mol. The van der Waals surface area contributed by atoms with Gasteiger partial charge in [0.05, 0.1) is 6.54 Å². The lowest BCUT2D eigenvalue weighted by atomic mass is 10.2. The van der Waals surface area contributed by atoms with Gasteiger partial charge in [-0.05, 0) is 31.0 Å². The van der Waals surface area contributed by atoms with Gasteiger partial charge in [-0.1, -0.05) is 37.3 Å². The van der Waals surface area contributed by atoms with Gasteiger partial charge in [-0.15, -0.1) is 11.6 Å². The van der Waals surface area contributed by atoms with Gasteiger partial charge in [0.2, 0.25) is 5.91 Å². The number of benzene rings is 1. The van der Waals surface area contributed by atoms with Gasteiger partial charge in [0.1, 0.15) is 5.38 Å². The topological polar surface area (TPSA) is 25.2 Å². The van der Waals surface area contributed by atoms with E-state index >= 15 is 0 Å². The Morgan fingerprint density at radius 2 is 1.95 bits per heavy atom. The average molecular weight is 319 g/mol. The Morgan fingerprint density at radius 3 is 2.59 bits per heavy atom. The summed E-state index contributed by atoms with van der Waals surface area (Å²) >= 11 is 5.97. The largest absolute Gasteiger partial charge is 0.345 e. The molecule has 0 N–H and O–H groups in total. The van der Waals surface area contributed by atoms with E-state index in [2.05, 4.69) is 35.9 Å². The SMILES string of the molecule is CCCN(Cc1cccn1Cc1ccccc1)C(=O)[C@@H](C)Cl. The van der Waals surface area contributed by atoms with Crippen LogP contribution in [0.5, 0.6) is 0 Å². The second-order valence-corrected chi connectivity index (χ2v) is 6.14. The zero-order valence-corrected chi connectivity index (χ0v) is 14.0. The third kappa shape index (κ3) is 4.38. The number of rotatable bonds is 7. The van der Waals surface area contributed by atoms with Crippen LogP contribution >= 0.6 is 11.6 Å². The van der Waals surface area contributed by atoms with Gasteiger partial charge in [0, 0.05) is 25.0 Å². The van der Waals surface area contributed by atoms with Crippen molar-refractivity contribution in [2.24, 2.45) is 0 Å². The summed E-state index contributed by atoms with van der Waals surface area (Å²) in [6.07, 6.45) is 2.98. The van der Waals surface area contributed by atoms with Crippen molar-refractivity contribution in [1.82, 2.24) is 9.47 Å². The van der Waals surface area contributed by atoms with Crippen LogP contribution in [0, 0.1) is 0 Å². The van der Waals surface area contributed by atoms with Crippen LogP contribution in [0.1, 0.15) is 31.5 Å². The first-order valence-corrected chi connectivity index (χ1v) is 8.16. The zero-order chi connectivity index (χ0) is 15.9. The second kappa shape index (κ2) is 8.04. The number of aromatic nitrogens is 1. The van der Waals surface area contributed by atoms with Crippen molar-refractivity contribution in [3.05, 3.63) is 59.9 Å². The maximum Gasteiger partial charge on any atom is 0.240 e. The Labute approximate surface area is 137 Å². The van der Waals surface area contributed by atoms with Crippen molar-refractivity contribution in [3.8, 4) is 0 Å². The van der Waals surface area contributed by atoms with E-state index in [0.29, 0.717) is 6.54 Å². The summed E-state index contributed by atoms with van der Waals surface area (Å²) < 4.78 is 2.18. The summed E-state index contributed by atoms with van der Waals surface area (Å²) in [6.45, 7) is 5.95. The fourth-order valence-corrected chi connectivity index (χ4v) is 2.65. The first-order chi connectivity index (χ1) is 10.6. The van der Waals surface area contributed by atoms with E-state index in [1.807, 2.05) is 29.2 Å². The van der Waals surface area contributed by atoms with Crippen LogP contribution < -0.4 is 0 Å². The van der Waals surface area contributed by atoms with E-state index in [4.69, 9.17) is 11.6 Å². The number of alkyl halides is 1. The molecule has 2 aromatic rings. The van der Waals surface area contributed by atoms with Crippen LogP contribution in [0.2, 0.25) is 0 Å². The van der Waals surface area contributed by atoms with Gasteiger partial charge in [-0.3, -0.25) is 4.79 Å². The molecule has 0 unspecified atom stereocenters. The molecule has 0 radical (unpaired) electrons. The first-order valence-electron chi connectivity index (χ1n) is 7.72. The number of amides is 1. The molecule has 1 atom stereocenters. The molecule has 0 fully saturated rings. The lowest BCUT2D eigenvalue weighted by Crippen LogP contribution is -2.36. The molecule has 4 heteroatoms. The van der Waals surface area contributed by atoms with E-state index in [0.717, 1.165) is 25.2 Å². The van der Waals surface area contributed by atoms with Gasteiger partial charge in [-0.25, -0.2) is 0 Å². The maximum absolute atomic E-state index is 12.2. The molecule has 118 valence electrons. The fourth-order valence-electron chi connectivity index (χ4n) is 2.51. The van der Waals surface area contributed by atoms with Crippen molar-refractivity contribution in [3.63, 3.8) is 0 Å². The van der Waals surface area contributed by atoms with Crippen molar-refractivity contribution < 1.29 is 4.79 Å². The lowest BCUT2D eigenvalue weighted by molar-refractivity contribution is -0.131. The first kappa shape index (κ1) is 16.6. The predicted octanol–water partition coefficient (Wildman–Crippen LogP) is 3.90. The van der Waals surface area contributed by atoms with Crippen molar-refractivity contribution >= 4 is 17.5 Å². The highest BCUT2D eigenvalue weighted by Crippen LogP contribution is 2.13. The molecule has 0 saturated heterocycles. The van der Waals surface area contributed by atoms with Crippen molar-refractivity contribution in [2.75, 3.05) is 6.54 Å². The molecule has 1 aromatic carbocycles. The Hall–Kier alpha value is -1.74. The molecule has 1 amide bonds. The molecule has 2 rings (SSSR count). The molecule has 0 aliphatic carbocycles. The third-order valence-corrected chi connectivity index (χ3v) is 3.80. The Kier molecular flexibility index (Phi) is 6.08. The minimum Gasteiger partial charge on any atom is -0.345 e. The second-order valence-electron chi connectivity index (χ2n) is 5.49. The summed E-state index contributed by atoms with van der Waals surface area (Å²) in [5.41, 5.74) is 2.38. The molecule has 22 heavy (non-hydrogen) atoms. The highest BCUT2D eigenvalue weighted by atomic mass is 35.5. The molecule has 1 heterocycles. The molecular weight excluding hydrogens is 296 g/mol. The Bertz CT molecular complexity index is 592. The zero-order valence-electron chi connectivity index (χ0n) is 13.2. The monoisotopic (exact) mass is 318 g/mol. The quantitative estimate of drug-likeness (QED) is 0.711. The number of hydrogen-bond acceptors (Lipinski definition) is 1. The van der Waals surface area contributed by atoms with Crippen LogP contribution in [0.15, 0.2) is 48.7 Å². The summed E-state index contributed by atoms with van der Waals surface area (Å²) in [6, 6.07) is 14.4. The van der Waals surface area contributed by atoms with E-state index in [-0.39, 0.29) is 5.91 Å². The Balaban J connectivity index is 2.12. The van der Waals surface area contributed by atoms with Gasteiger partial charge in [0.25, 0.3) is 0 Å². The molecule has 3 nitrogen and oxygen atoms in total. The molecule has 0 spiro atoms. The number of nitrogens with zero attached hydrogens (tertiary/aromatic N) is 2. The average Bonchev–Trinajstić information content (AvgIpc) is 2.94. The third-order valence-electron chi connectivity index (χ3n) is 3.62. The van der Waals surface area contributed by atoms with E-state index in [1.165, 1.54) is 5.56 Å².